The second kappa shape index (κ2) is 7.92. The van der Waals surface area contributed by atoms with Crippen LogP contribution < -0.4 is 10.6 Å². The van der Waals surface area contributed by atoms with Crippen molar-refractivity contribution in [3.05, 3.63) is 20.8 Å². The Morgan fingerprint density at radius 1 is 1.50 bits per heavy atom. The topological polar surface area (TPSA) is 41.1 Å². The first-order valence-corrected chi connectivity index (χ1v) is 7.87. The van der Waals surface area contributed by atoms with Crippen LogP contribution in [0.2, 0.25) is 0 Å². The van der Waals surface area contributed by atoms with E-state index in [4.69, 9.17) is 0 Å². The summed E-state index contributed by atoms with van der Waals surface area (Å²) < 4.78 is 1.11. The van der Waals surface area contributed by atoms with Crippen LogP contribution in [0.1, 0.15) is 18.7 Å². The highest BCUT2D eigenvalue weighted by Crippen LogP contribution is 2.19. The molecular formula is C13H21BrN2OS. The number of amides is 1. The molecule has 18 heavy (non-hydrogen) atoms. The fraction of sp³-hybridized carbons (Fsp3) is 0.615. The number of hydrogen-bond acceptors (Lipinski definition) is 3. The molecule has 0 aliphatic rings. The highest BCUT2D eigenvalue weighted by Gasteiger charge is 2.20. The summed E-state index contributed by atoms with van der Waals surface area (Å²) in [5.41, 5.74) is 0. The van der Waals surface area contributed by atoms with Gasteiger partial charge in [0.1, 0.15) is 0 Å². The average molecular weight is 333 g/mol. The highest BCUT2D eigenvalue weighted by molar-refractivity contribution is 9.10. The molecule has 0 aromatic carbocycles. The normalized spacial score (nSPS) is 12.7. The van der Waals surface area contributed by atoms with Crippen molar-refractivity contribution >= 4 is 33.2 Å². The standard InChI is InChI=1S/C13H21BrN2OS/c1-9(2)12(7-15-3)13(17)16-5-4-11-6-10(14)8-18-11/h6,8-9,12,15H,4-5,7H2,1-3H3,(H,16,17). The van der Waals surface area contributed by atoms with E-state index in [0.717, 1.165) is 17.4 Å². The van der Waals surface area contributed by atoms with Gasteiger partial charge >= 0.3 is 0 Å². The largest absolute Gasteiger partial charge is 0.355 e. The van der Waals surface area contributed by atoms with Gasteiger partial charge in [-0.05, 0) is 41.4 Å². The SMILES string of the molecule is CNCC(C(=O)NCCc1cc(Br)cs1)C(C)C. The zero-order valence-electron chi connectivity index (χ0n) is 11.1. The maximum absolute atomic E-state index is 12.0. The molecule has 2 N–H and O–H groups in total. The van der Waals surface area contributed by atoms with Crippen molar-refractivity contribution in [1.29, 1.82) is 0 Å². The molecule has 1 unspecified atom stereocenters. The van der Waals surface area contributed by atoms with Crippen LogP contribution in [-0.2, 0) is 11.2 Å². The molecule has 0 saturated carbocycles. The Morgan fingerprint density at radius 2 is 2.22 bits per heavy atom. The zero-order chi connectivity index (χ0) is 13.5. The highest BCUT2D eigenvalue weighted by atomic mass is 79.9. The first kappa shape index (κ1) is 15.7. The monoisotopic (exact) mass is 332 g/mol. The van der Waals surface area contributed by atoms with E-state index in [9.17, 15) is 4.79 Å². The Labute approximate surface area is 121 Å². The van der Waals surface area contributed by atoms with Crippen LogP contribution in [0.3, 0.4) is 0 Å². The molecule has 0 fully saturated rings. The Hall–Kier alpha value is -0.390. The van der Waals surface area contributed by atoms with E-state index in [-0.39, 0.29) is 11.8 Å². The summed E-state index contributed by atoms with van der Waals surface area (Å²) in [6.45, 7) is 5.60. The van der Waals surface area contributed by atoms with Gasteiger partial charge in [-0.1, -0.05) is 13.8 Å². The minimum atomic E-state index is 0.0464. The van der Waals surface area contributed by atoms with E-state index in [0.29, 0.717) is 12.5 Å². The first-order chi connectivity index (χ1) is 8.54. The summed E-state index contributed by atoms with van der Waals surface area (Å²) in [7, 11) is 1.88. The Bertz CT molecular complexity index is 379. The number of hydrogen-bond donors (Lipinski definition) is 2. The summed E-state index contributed by atoms with van der Waals surface area (Å²) in [5.74, 6) is 0.549. The Morgan fingerprint density at radius 3 is 2.72 bits per heavy atom. The van der Waals surface area contributed by atoms with Gasteiger partial charge in [-0.15, -0.1) is 11.3 Å². The molecule has 1 amide bonds. The molecule has 1 aromatic rings. The van der Waals surface area contributed by atoms with Crippen LogP contribution >= 0.6 is 27.3 Å². The van der Waals surface area contributed by atoms with Crippen molar-refractivity contribution in [3.8, 4) is 0 Å². The average Bonchev–Trinajstić information content (AvgIpc) is 2.71. The van der Waals surface area contributed by atoms with Crippen molar-refractivity contribution in [3.63, 3.8) is 0 Å². The number of halogens is 1. The van der Waals surface area contributed by atoms with E-state index in [1.54, 1.807) is 11.3 Å². The lowest BCUT2D eigenvalue weighted by molar-refractivity contribution is -0.126. The second-order valence-corrected chi connectivity index (χ2v) is 6.59. The quantitative estimate of drug-likeness (QED) is 0.805. The van der Waals surface area contributed by atoms with E-state index >= 15 is 0 Å². The third kappa shape index (κ3) is 5.08. The van der Waals surface area contributed by atoms with Gasteiger partial charge in [0.25, 0.3) is 0 Å². The minimum absolute atomic E-state index is 0.0464. The van der Waals surface area contributed by atoms with E-state index in [2.05, 4.69) is 51.9 Å². The molecule has 0 radical (unpaired) electrons. The van der Waals surface area contributed by atoms with Crippen molar-refractivity contribution in [2.75, 3.05) is 20.1 Å². The summed E-state index contributed by atoms with van der Waals surface area (Å²) in [4.78, 5) is 13.3. The fourth-order valence-corrected chi connectivity index (χ4v) is 3.23. The van der Waals surface area contributed by atoms with Gasteiger partial charge in [0.2, 0.25) is 5.91 Å². The van der Waals surface area contributed by atoms with Gasteiger partial charge in [-0.3, -0.25) is 4.79 Å². The molecule has 1 heterocycles. The number of rotatable bonds is 7. The molecule has 0 saturated heterocycles. The smallest absolute Gasteiger partial charge is 0.224 e. The maximum Gasteiger partial charge on any atom is 0.224 e. The summed E-state index contributed by atoms with van der Waals surface area (Å²) in [5, 5.41) is 8.16. The van der Waals surface area contributed by atoms with Gasteiger partial charge in [0.05, 0.1) is 5.92 Å². The molecule has 0 aliphatic carbocycles. The lowest BCUT2D eigenvalue weighted by Crippen LogP contribution is -2.39. The van der Waals surface area contributed by atoms with Gasteiger partial charge < -0.3 is 10.6 Å². The summed E-state index contributed by atoms with van der Waals surface area (Å²) in [6.07, 6.45) is 0.895. The van der Waals surface area contributed by atoms with E-state index in [1.807, 2.05) is 7.05 Å². The Balaban J connectivity index is 2.35. The number of carbonyl (C=O) groups excluding carboxylic acids is 1. The van der Waals surface area contributed by atoms with Crippen molar-refractivity contribution in [2.24, 2.45) is 11.8 Å². The van der Waals surface area contributed by atoms with Crippen LogP contribution in [0.5, 0.6) is 0 Å². The van der Waals surface area contributed by atoms with Gasteiger partial charge in [0, 0.05) is 27.8 Å². The Kier molecular flexibility index (Phi) is 6.89. The third-order valence-corrected chi connectivity index (χ3v) is 4.62. The zero-order valence-corrected chi connectivity index (χ0v) is 13.5. The van der Waals surface area contributed by atoms with Crippen LogP contribution in [0.15, 0.2) is 15.9 Å². The molecular weight excluding hydrogens is 312 g/mol. The molecule has 0 spiro atoms. The number of carbonyl (C=O) groups is 1. The molecule has 0 bridgehead atoms. The fourth-order valence-electron chi connectivity index (χ4n) is 1.78. The van der Waals surface area contributed by atoms with Gasteiger partial charge in [-0.25, -0.2) is 0 Å². The second-order valence-electron chi connectivity index (χ2n) is 4.68. The third-order valence-electron chi connectivity index (χ3n) is 2.86. The molecule has 3 nitrogen and oxygen atoms in total. The molecule has 102 valence electrons. The van der Waals surface area contributed by atoms with E-state index < -0.39 is 0 Å². The maximum atomic E-state index is 12.0. The predicted molar refractivity (Wildman–Crippen MR) is 81.0 cm³/mol. The number of thiophene rings is 1. The molecule has 0 aliphatic heterocycles. The molecule has 1 aromatic heterocycles. The van der Waals surface area contributed by atoms with Gasteiger partial charge in [0.15, 0.2) is 0 Å². The molecule has 5 heteroatoms. The van der Waals surface area contributed by atoms with Crippen LogP contribution in [-0.4, -0.2) is 26.0 Å². The number of nitrogens with one attached hydrogen (secondary N) is 2. The predicted octanol–water partition coefficient (Wildman–Crippen LogP) is 2.66. The van der Waals surface area contributed by atoms with E-state index in [1.165, 1.54) is 4.88 Å². The lowest BCUT2D eigenvalue weighted by atomic mass is 9.95. The lowest BCUT2D eigenvalue weighted by Gasteiger charge is -2.19. The van der Waals surface area contributed by atoms with Gasteiger partial charge in [-0.2, -0.15) is 0 Å². The van der Waals surface area contributed by atoms with Crippen LogP contribution in [0, 0.1) is 11.8 Å². The van der Waals surface area contributed by atoms with Crippen molar-refractivity contribution in [2.45, 2.75) is 20.3 Å². The minimum Gasteiger partial charge on any atom is -0.355 e. The van der Waals surface area contributed by atoms with Crippen LogP contribution in [0.25, 0.3) is 0 Å². The summed E-state index contributed by atoms with van der Waals surface area (Å²) in [6, 6.07) is 2.10. The van der Waals surface area contributed by atoms with Crippen molar-refractivity contribution < 1.29 is 4.79 Å². The molecule has 1 rings (SSSR count). The molecule has 1 atom stereocenters. The van der Waals surface area contributed by atoms with Crippen LogP contribution in [0.4, 0.5) is 0 Å². The summed E-state index contributed by atoms with van der Waals surface area (Å²) >= 11 is 5.15. The first-order valence-electron chi connectivity index (χ1n) is 6.19. The van der Waals surface area contributed by atoms with Crippen molar-refractivity contribution in [1.82, 2.24) is 10.6 Å².